The first-order valence-corrected chi connectivity index (χ1v) is 6.68. The molecule has 0 aromatic rings. The minimum Gasteiger partial charge on any atom is -0.468 e. The maximum atomic E-state index is 12.2. The van der Waals surface area contributed by atoms with Gasteiger partial charge in [-0.25, -0.2) is 0 Å². The molecule has 1 saturated heterocycles. The van der Waals surface area contributed by atoms with Crippen LogP contribution in [0.25, 0.3) is 0 Å². The summed E-state index contributed by atoms with van der Waals surface area (Å²) in [5, 5.41) is 0. The molecule has 110 valence electrons. The van der Waals surface area contributed by atoms with Crippen LogP contribution in [0, 0.1) is 0 Å². The Morgan fingerprint density at radius 1 is 1.26 bits per heavy atom. The van der Waals surface area contributed by atoms with Gasteiger partial charge in [-0.05, 0) is 20.4 Å². The normalized spacial score (nSPS) is 23.5. The molecule has 0 N–H and O–H groups in total. The molecule has 6 heteroatoms. The monoisotopic (exact) mass is 272 g/mol. The van der Waals surface area contributed by atoms with E-state index in [1.165, 1.54) is 7.11 Å². The molecule has 1 amide bonds. The van der Waals surface area contributed by atoms with E-state index in [2.05, 4.69) is 4.74 Å². The van der Waals surface area contributed by atoms with Crippen molar-refractivity contribution in [1.29, 1.82) is 0 Å². The van der Waals surface area contributed by atoms with Gasteiger partial charge in [0.1, 0.15) is 0 Å². The number of ether oxygens (including phenoxy) is 2. The number of carbonyl (C=O) groups excluding carboxylic acids is 2. The molecule has 2 atom stereocenters. The summed E-state index contributed by atoms with van der Waals surface area (Å²) < 4.78 is 10.2. The number of amides is 1. The van der Waals surface area contributed by atoms with Crippen LogP contribution in [0.3, 0.4) is 0 Å². The Bertz CT molecular complexity index is 312. The topological polar surface area (TPSA) is 59.1 Å². The Balaban J connectivity index is 2.49. The summed E-state index contributed by atoms with van der Waals surface area (Å²) >= 11 is 0. The van der Waals surface area contributed by atoms with Gasteiger partial charge in [-0.3, -0.25) is 14.5 Å². The lowest BCUT2D eigenvalue weighted by Gasteiger charge is -2.36. The largest absolute Gasteiger partial charge is 0.468 e. The lowest BCUT2D eigenvalue weighted by molar-refractivity contribution is -0.146. The van der Waals surface area contributed by atoms with Crippen molar-refractivity contribution < 1.29 is 19.1 Å². The fraction of sp³-hybridized carbons (Fsp3) is 0.846. The molecule has 2 unspecified atom stereocenters. The van der Waals surface area contributed by atoms with Gasteiger partial charge in [-0.2, -0.15) is 0 Å². The number of morpholine rings is 1. The van der Waals surface area contributed by atoms with Gasteiger partial charge in [-0.15, -0.1) is 0 Å². The first kappa shape index (κ1) is 15.9. The van der Waals surface area contributed by atoms with Crippen LogP contribution in [0.1, 0.15) is 20.8 Å². The van der Waals surface area contributed by atoms with E-state index in [0.717, 1.165) is 0 Å². The molecule has 1 heterocycles. The molecule has 1 aliphatic heterocycles. The lowest BCUT2D eigenvalue weighted by Crippen LogP contribution is -2.51. The third-order valence-electron chi connectivity index (χ3n) is 3.16. The highest BCUT2D eigenvalue weighted by Crippen LogP contribution is 2.11. The van der Waals surface area contributed by atoms with E-state index in [9.17, 15) is 9.59 Å². The highest BCUT2D eigenvalue weighted by atomic mass is 16.5. The fourth-order valence-corrected chi connectivity index (χ4v) is 2.20. The Morgan fingerprint density at radius 3 is 2.32 bits per heavy atom. The quantitative estimate of drug-likeness (QED) is 0.665. The summed E-state index contributed by atoms with van der Waals surface area (Å²) in [7, 11) is 1.35. The minimum atomic E-state index is -0.321. The molecule has 1 fully saturated rings. The highest BCUT2D eigenvalue weighted by molar-refractivity contribution is 5.79. The smallest absolute Gasteiger partial charge is 0.319 e. The summed E-state index contributed by atoms with van der Waals surface area (Å²) in [4.78, 5) is 27.0. The van der Waals surface area contributed by atoms with Gasteiger partial charge < -0.3 is 14.4 Å². The van der Waals surface area contributed by atoms with Crippen LogP contribution in [0.2, 0.25) is 0 Å². The Labute approximate surface area is 114 Å². The van der Waals surface area contributed by atoms with Crippen molar-refractivity contribution in [2.24, 2.45) is 0 Å². The Morgan fingerprint density at radius 2 is 1.84 bits per heavy atom. The van der Waals surface area contributed by atoms with Crippen LogP contribution >= 0.6 is 0 Å². The number of likely N-dealkylation sites (N-methyl/N-ethyl adjacent to an activating group) is 1. The van der Waals surface area contributed by atoms with E-state index >= 15 is 0 Å². The second kappa shape index (κ2) is 7.45. The molecule has 0 aromatic carbocycles. The number of esters is 1. The first-order valence-electron chi connectivity index (χ1n) is 6.68. The number of methoxy groups -OCH3 is 1. The zero-order valence-corrected chi connectivity index (χ0v) is 12.2. The second-order valence-electron chi connectivity index (χ2n) is 4.94. The van der Waals surface area contributed by atoms with Crippen molar-refractivity contribution in [3.8, 4) is 0 Å². The van der Waals surface area contributed by atoms with E-state index in [0.29, 0.717) is 19.6 Å². The van der Waals surface area contributed by atoms with E-state index in [1.807, 2.05) is 20.8 Å². The zero-order valence-electron chi connectivity index (χ0n) is 12.2. The molecule has 19 heavy (non-hydrogen) atoms. The number of hydrogen-bond donors (Lipinski definition) is 0. The summed E-state index contributed by atoms with van der Waals surface area (Å²) in [6.07, 6.45) is 0.117. The zero-order chi connectivity index (χ0) is 14.4. The highest BCUT2D eigenvalue weighted by Gasteiger charge is 2.26. The molecule has 0 radical (unpaired) electrons. The predicted molar refractivity (Wildman–Crippen MR) is 70.7 cm³/mol. The molecule has 0 aromatic heterocycles. The molecular formula is C13H24N2O4. The van der Waals surface area contributed by atoms with Gasteiger partial charge in [-0.1, -0.05) is 6.92 Å². The predicted octanol–water partition coefficient (Wildman–Crippen LogP) is 0.117. The lowest BCUT2D eigenvalue weighted by atomic mass is 10.2. The average molecular weight is 272 g/mol. The molecule has 0 saturated carbocycles. The summed E-state index contributed by atoms with van der Waals surface area (Å²) in [5.41, 5.74) is 0. The third-order valence-corrected chi connectivity index (χ3v) is 3.16. The van der Waals surface area contributed by atoms with Crippen LogP contribution in [0.5, 0.6) is 0 Å². The molecule has 1 rings (SSSR count). The molecular weight excluding hydrogens is 248 g/mol. The van der Waals surface area contributed by atoms with Gasteiger partial charge in [0.25, 0.3) is 0 Å². The molecule has 0 bridgehead atoms. The fourth-order valence-electron chi connectivity index (χ4n) is 2.20. The summed E-state index contributed by atoms with van der Waals surface area (Å²) in [6, 6.07) is 0. The van der Waals surface area contributed by atoms with Crippen molar-refractivity contribution in [3.63, 3.8) is 0 Å². The van der Waals surface area contributed by atoms with Gasteiger partial charge in [0.05, 0.1) is 32.4 Å². The van der Waals surface area contributed by atoms with E-state index in [-0.39, 0.29) is 37.2 Å². The molecule has 0 aliphatic carbocycles. The van der Waals surface area contributed by atoms with Crippen LogP contribution in [-0.2, 0) is 19.1 Å². The molecule has 1 aliphatic rings. The maximum absolute atomic E-state index is 12.2. The van der Waals surface area contributed by atoms with Crippen LogP contribution in [0.15, 0.2) is 0 Å². The van der Waals surface area contributed by atoms with Crippen molar-refractivity contribution in [3.05, 3.63) is 0 Å². The van der Waals surface area contributed by atoms with Gasteiger partial charge in [0, 0.05) is 13.1 Å². The Hall–Kier alpha value is -1.14. The summed E-state index contributed by atoms with van der Waals surface area (Å²) in [6.45, 7) is 8.08. The number of rotatable bonds is 5. The molecule has 6 nitrogen and oxygen atoms in total. The Kier molecular flexibility index (Phi) is 6.24. The minimum absolute atomic E-state index is 0.0350. The van der Waals surface area contributed by atoms with Crippen molar-refractivity contribution in [2.45, 2.75) is 33.0 Å². The standard InChI is InChI=1S/C13H24N2O4/c1-5-14(9-13(17)18-4)8-12(16)15-6-10(2)19-11(3)7-15/h10-11H,5-9H2,1-4H3. The number of carbonyl (C=O) groups is 2. The maximum Gasteiger partial charge on any atom is 0.319 e. The van der Waals surface area contributed by atoms with E-state index < -0.39 is 0 Å². The van der Waals surface area contributed by atoms with Crippen molar-refractivity contribution >= 4 is 11.9 Å². The van der Waals surface area contributed by atoms with Gasteiger partial charge in [0.15, 0.2) is 0 Å². The van der Waals surface area contributed by atoms with Gasteiger partial charge >= 0.3 is 5.97 Å². The first-order chi connectivity index (χ1) is 8.96. The van der Waals surface area contributed by atoms with Crippen LogP contribution in [0.4, 0.5) is 0 Å². The molecule has 0 spiro atoms. The number of nitrogens with zero attached hydrogens (tertiary/aromatic N) is 2. The summed E-state index contributed by atoms with van der Waals surface area (Å²) in [5.74, 6) is -0.286. The number of hydrogen-bond acceptors (Lipinski definition) is 5. The SMILES string of the molecule is CCN(CC(=O)OC)CC(=O)N1CC(C)OC(C)C1. The van der Waals surface area contributed by atoms with E-state index in [1.54, 1.807) is 9.80 Å². The van der Waals surface area contributed by atoms with Gasteiger partial charge in [0.2, 0.25) is 5.91 Å². The van der Waals surface area contributed by atoms with Crippen molar-refractivity contribution in [2.75, 3.05) is 39.8 Å². The third kappa shape index (κ3) is 5.16. The van der Waals surface area contributed by atoms with Crippen LogP contribution in [-0.4, -0.2) is 73.7 Å². The average Bonchev–Trinajstić information content (AvgIpc) is 2.36. The second-order valence-corrected chi connectivity index (χ2v) is 4.94. The van der Waals surface area contributed by atoms with E-state index in [4.69, 9.17) is 4.74 Å². The van der Waals surface area contributed by atoms with Crippen LogP contribution < -0.4 is 0 Å². The van der Waals surface area contributed by atoms with Crippen molar-refractivity contribution in [1.82, 2.24) is 9.80 Å².